The Kier molecular flexibility index (Phi) is 5.43. The quantitative estimate of drug-likeness (QED) is 0.530. The molecule has 1 aromatic heterocycles. The van der Waals surface area contributed by atoms with Gasteiger partial charge in [0.2, 0.25) is 0 Å². The fourth-order valence-electron chi connectivity index (χ4n) is 1.31. The average Bonchev–Trinajstić information content (AvgIpc) is 2.35. The first-order chi connectivity index (χ1) is 8.63. The molecule has 7 nitrogen and oxygen atoms in total. The van der Waals surface area contributed by atoms with Crippen LogP contribution in [0.2, 0.25) is 0 Å². The van der Waals surface area contributed by atoms with Gasteiger partial charge in [-0.3, -0.25) is 9.78 Å². The largest absolute Gasteiger partial charge is 0.383 e. The molecule has 0 fully saturated rings. The Morgan fingerprint density at radius 3 is 2.78 bits per heavy atom. The molecule has 98 valence electrons. The standard InChI is InChI=1S/C11H17N5O2/c1-2-13-10(17)9-7-8(3-4-15-9)14-5-6-16-11(12)18/h3-4,7H,2,5-6H2,1H3,(H,13,17)(H,14,15)(H3,12,16,18). The summed E-state index contributed by atoms with van der Waals surface area (Å²) in [7, 11) is 0. The van der Waals surface area contributed by atoms with Crippen LogP contribution in [0.1, 0.15) is 17.4 Å². The van der Waals surface area contributed by atoms with Gasteiger partial charge in [0.25, 0.3) is 5.91 Å². The summed E-state index contributed by atoms with van der Waals surface area (Å²) in [4.78, 5) is 26.0. The molecule has 0 aliphatic carbocycles. The molecule has 0 bridgehead atoms. The van der Waals surface area contributed by atoms with Crippen molar-refractivity contribution in [1.29, 1.82) is 0 Å². The van der Waals surface area contributed by atoms with Gasteiger partial charge in [0, 0.05) is 31.5 Å². The number of nitrogens with one attached hydrogen (secondary N) is 3. The van der Waals surface area contributed by atoms with Crippen LogP contribution in [-0.4, -0.2) is 36.6 Å². The van der Waals surface area contributed by atoms with Crippen LogP contribution in [0.3, 0.4) is 0 Å². The van der Waals surface area contributed by atoms with Crippen molar-refractivity contribution in [1.82, 2.24) is 15.6 Å². The molecule has 7 heteroatoms. The lowest BCUT2D eigenvalue weighted by Gasteiger charge is -2.08. The molecule has 0 aliphatic rings. The number of amides is 3. The summed E-state index contributed by atoms with van der Waals surface area (Å²) in [6.45, 7) is 3.33. The van der Waals surface area contributed by atoms with E-state index < -0.39 is 6.03 Å². The molecule has 3 amide bonds. The van der Waals surface area contributed by atoms with Crippen LogP contribution < -0.4 is 21.7 Å². The van der Waals surface area contributed by atoms with E-state index in [2.05, 4.69) is 20.9 Å². The van der Waals surface area contributed by atoms with E-state index in [9.17, 15) is 9.59 Å². The van der Waals surface area contributed by atoms with Crippen molar-refractivity contribution in [2.75, 3.05) is 25.0 Å². The first-order valence-electron chi connectivity index (χ1n) is 5.65. The fourth-order valence-corrected chi connectivity index (χ4v) is 1.31. The van der Waals surface area contributed by atoms with Gasteiger partial charge in [0.15, 0.2) is 0 Å². The van der Waals surface area contributed by atoms with Crippen LogP contribution in [0.15, 0.2) is 18.3 Å². The zero-order chi connectivity index (χ0) is 13.4. The van der Waals surface area contributed by atoms with Crippen molar-refractivity contribution >= 4 is 17.6 Å². The molecule has 0 aromatic carbocycles. The lowest BCUT2D eigenvalue weighted by Crippen LogP contribution is -2.33. The highest BCUT2D eigenvalue weighted by Crippen LogP contribution is 2.07. The number of nitrogens with zero attached hydrogens (tertiary/aromatic N) is 1. The number of primary amides is 1. The van der Waals surface area contributed by atoms with E-state index in [1.54, 1.807) is 18.3 Å². The lowest BCUT2D eigenvalue weighted by atomic mass is 10.3. The smallest absolute Gasteiger partial charge is 0.312 e. The SMILES string of the molecule is CCNC(=O)c1cc(NCCNC(N)=O)ccn1. The Labute approximate surface area is 105 Å². The zero-order valence-corrected chi connectivity index (χ0v) is 10.2. The third-order valence-electron chi connectivity index (χ3n) is 2.08. The van der Waals surface area contributed by atoms with Crippen molar-refractivity contribution in [2.24, 2.45) is 5.73 Å². The van der Waals surface area contributed by atoms with Crippen LogP contribution in [0.25, 0.3) is 0 Å². The molecule has 0 radical (unpaired) electrons. The predicted molar refractivity (Wildman–Crippen MR) is 68.3 cm³/mol. The number of aromatic nitrogens is 1. The van der Waals surface area contributed by atoms with Gasteiger partial charge in [-0.05, 0) is 19.1 Å². The van der Waals surface area contributed by atoms with Crippen LogP contribution >= 0.6 is 0 Å². The number of nitrogens with two attached hydrogens (primary N) is 1. The minimum Gasteiger partial charge on any atom is -0.383 e. The number of hydrogen-bond donors (Lipinski definition) is 4. The van der Waals surface area contributed by atoms with Crippen LogP contribution in [0.5, 0.6) is 0 Å². The fraction of sp³-hybridized carbons (Fsp3) is 0.364. The zero-order valence-electron chi connectivity index (χ0n) is 10.2. The summed E-state index contributed by atoms with van der Waals surface area (Å²) in [5, 5.41) is 8.17. The highest BCUT2D eigenvalue weighted by Gasteiger charge is 2.05. The maximum Gasteiger partial charge on any atom is 0.312 e. The second-order valence-corrected chi connectivity index (χ2v) is 3.51. The van der Waals surface area contributed by atoms with E-state index in [-0.39, 0.29) is 5.91 Å². The third-order valence-corrected chi connectivity index (χ3v) is 2.08. The second kappa shape index (κ2) is 7.10. The summed E-state index contributed by atoms with van der Waals surface area (Å²) < 4.78 is 0. The topological polar surface area (TPSA) is 109 Å². The number of urea groups is 1. The Morgan fingerprint density at radius 1 is 1.33 bits per heavy atom. The number of pyridine rings is 1. The summed E-state index contributed by atoms with van der Waals surface area (Å²) in [6.07, 6.45) is 1.55. The summed E-state index contributed by atoms with van der Waals surface area (Å²) >= 11 is 0. The van der Waals surface area contributed by atoms with E-state index in [0.29, 0.717) is 25.3 Å². The number of carbonyl (C=O) groups excluding carboxylic acids is 2. The van der Waals surface area contributed by atoms with E-state index in [1.807, 2.05) is 6.92 Å². The third kappa shape index (κ3) is 4.69. The van der Waals surface area contributed by atoms with Crippen LogP contribution in [0, 0.1) is 0 Å². The van der Waals surface area contributed by atoms with E-state index in [1.165, 1.54) is 0 Å². The first-order valence-corrected chi connectivity index (χ1v) is 5.65. The Balaban J connectivity index is 2.49. The molecule has 0 atom stereocenters. The van der Waals surface area contributed by atoms with E-state index in [0.717, 1.165) is 5.69 Å². The summed E-state index contributed by atoms with van der Waals surface area (Å²) in [5.74, 6) is -0.212. The molecule has 1 aromatic rings. The minimum atomic E-state index is -0.561. The minimum absolute atomic E-state index is 0.212. The second-order valence-electron chi connectivity index (χ2n) is 3.51. The molecule has 1 heterocycles. The molecular formula is C11H17N5O2. The van der Waals surface area contributed by atoms with Gasteiger partial charge in [-0.2, -0.15) is 0 Å². The Hall–Kier alpha value is -2.31. The first kappa shape index (κ1) is 13.8. The molecule has 0 aliphatic heterocycles. The predicted octanol–water partition coefficient (Wildman–Crippen LogP) is -0.0885. The highest BCUT2D eigenvalue weighted by atomic mass is 16.2. The molecule has 0 spiro atoms. The number of rotatable bonds is 6. The molecule has 1 rings (SSSR count). The highest BCUT2D eigenvalue weighted by molar-refractivity contribution is 5.93. The van der Waals surface area contributed by atoms with Crippen LogP contribution in [0.4, 0.5) is 10.5 Å². The summed E-state index contributed by atoms with van der Waals surface area (Å²) in [6, 6.07) is 2.83. The Bertz CT molecular complexity index is 422. The number of anilines is 1. The average molecular weight is 251 g/mol. The molecule has 0 unspecified atom stereocenters. The Morgan fingerprint density at radius 2 is 2.11 bits per heavy atom. The molecular weight excluding hydrogens is 234 g/mol. The molecule has 0 saturated heterocycles. The van der Waals surface area contributed by atoms with Crippen molar-refractivity contribution in [3.05, 3.63) is 24.0 Å². The van der Waals surface area contributed by atoms with Gasteiger partial charge < -0.3 is 21.7 Å². The number of carbonyl (C=O) groups is 2. The molecule has 5 N–H and O–H groups in total. The molecule has 0 saturated carbocycles. The van der Waals surface area contributed by atoms with E-state index >= 15 is 0 Å². The monoisotopic (exact) mass is 251 g/mol. The van der Waals surface area contributed by atoms with Gasteiger partial charge in [0.1, 0.15) is 5.69 Å². The van der Waals surface area contributed by atoms with Gasteiger partial charge in [-0.25, -0.2) is 4.79 Å². The van der Waals surface area contributed by atoms with Gasteiger partial charge >= 0.3 is 6.03 Å². The molecule has 18 heavy (non-hydrogen) atoms. The van der Waals surface area contributed by atoms with Crippen molar-refractivity contribution in [2.45, 2.75) is 6.92 Å². The van der Waals surface area contributed by atoms with Crippen LogP contribution in [-0.2, 0) is 0 Å². The number of hydrogen-bond acceptors (Lipinski definition) is 4. The van der Waals surface area contributed by atoms with E-state index in [4.69, 9.17) is 5.73 Å². The summed E-state index contributed by atoms with van der Waals surface area (Å²) in [5.41, 5.74) is 6.04. The van der Waals surface area contributed by atoms with Gasteiger partial charge in [-0.15, -0.1) is 0 Å². The van der Waals surface area contributed by atoms with Crippen molar-refractivity contribution < 1.29 is 9.59 Å². The van der Waals surface area contributed by atoms with Gasteiger partial charge in [0.05, 0.1) is 0 Å². The normalized spacial score (nSPS) is 9.61. The lowest BCUT2D eigenvalue weighted by molar-refractivity contribution is 0.0951. The van der Waals surface area contributed by atoms with Crippen molar-refractivity contribution in [3.63, 3.8) is 0 Å². The van der Waals surface area contributed by atoms with Gasteiger partial charge in [-0.1, -0.05) is 0 Å². The maximum absolute atomic E-state index is 11.5. The maximum atomic E-state index is 11.5. The van der Waals surface area contributed by atoms with Crippen molar-refractivity contribution in [3.8, 4) is 0 Å².